The van der Waals surface area contributed by atoms with Crippen LogP contribution in [0.2, 0.25) is 10.0 Å². The molecule has 3 aromatic heterocycles. The molecule has 11 nitrogen and oxygen atoms in total. The number of likely N-dealkylation sites (tertiary alicyclic amines) is 1. The summed E-state index contributed by atoms with van der Waals surface area (Å²) in [7, 11) is 4.11. The summed E-state index contributed by atoms with van der Waals surface area (Å²) in [6.07, 6.45) is 0.191. The largest absolute Gasteiger partial charge is 0.481 e. The highest BCUT2D eigenvalue weighted by molar-refractivity contribution is 6.39. The second kappa shape index (κ2) is 13.7. The highest BCUT2D eigenvalue weighted by Gasteiger charge is 2.45. The lowest BCUT2D eigenvalue weighted by atomic mass is 9.88. The number of amides is 1. The van der Waals surface area contributed by atoms with Gasteiger partial charge in [-0.3, -0.25) is 23.6 Å². The minimum absolute atomic E-state index is 0.106. The smallest absolute Gasteiger partial charge is 0.433 e. The normalized spacial score (nSPS) is 19.9. The fourth-order valence-electron chi connectivity index (χ4n) is 8.45. The summed E-state index contributed by atoms with van der Waals surface area (Å²) in [5.41, 5.74) is 1.19. The van der Waals surface area contributed by atoms with Gasteiger partial charge in [-0.2, -0.15) is 13.2 Å². The van der Waals surface area contributed by atoms with E-state index in [0.717, 1.165) is 65.5 Å². The zero-order chi connectivity index (χ0) is 39.0. The minimum Gasteiger partial charge on any atom is -0.481 e. The number of aryl methyl sites for hydroxylation is 2. The van der Waals surface area contributed by atoms with Gasteiger partial charge < -0.3 is 15.4 Å². The summed E-state index contributed by atoms with van der Waals surface area (Å²) in [5, 5.41) is 6.34. The Kier molecular flexibility index (Phi) is 9.21. The van der Waals surface area contributed by atoms with Crippen LogP contribution in [0.25, 0.3) is 33.3 Å². The third-order valence-electron chi connectivity index (χ3n) is 11.2. The van der Waals surface area contributed by atoms with Crippen molar-refractivity contribution in [2.24, 2.45) is 14.1 Å². The number of aromatic nitrogens is 4. The summed E-state index contributed by atoms with van der Waals surface area (Å²) < 4.78 is 49.6. The van der Waals surface area contributed by atoms with E-state index in [-0.39, 0.29) is 39.1 Å². The molecule has 0 radical (unpaired) electrons. The number of carbonyl (C=O) groups is 1. The van der Waals surface area contributed by atoms with Crippen molar-refractivity contribution < 1.29 is 22.7 Å². The van der Waals surface area contributed by atoms with Crippen LogP contribution in [0, 0.1) is 0 Å². The molecular weight excluding hydrogens is 758 g/mol. The van der Waals surface area contributed by atoms with Gasteiger partial charge in [0.15, 0.2) is 0 Å². The van der Waals surface area contributed by atoms with Gasteiger partial charge in [0.05, 0.1) is 39.6 Å². The molecule has 2 saturated heterocycles. The summed E-state index contributed by atoms with van der Waals surface area (Å²) in [6.45, 7) is 1.65. The number of hydrogen-bond donors (Lipinski definition) is 2. The van der Waals surface area contributed by atoms with Gasteiger partial charge in [-0.1, -0.05) is 53.5 Å². The van der Waals surface area contributed by atoms with Gasteiger partial charge in [0, 0.05) is 61.9 Å². The fourth-order valence-corrected chi connectivity index (χ4v) is 9.05. The number of alkyl halides is 3. The second-order valence-corrected chi connectivity index (χ2v) is 15.2. The summed E-state index contributed by atoms with van der Waals surface area (Å²) in [4.78, 5) is 49.3. The van der Waals surface area contributed by atoms with Crippen LogP contribution in [0.15, 0.2) is 58.1 Å². The Bertz CT molecular complexity index is 2540. The van der Waals surface area contributed by atoms with Gasteiger partial charge in [0.1, 0.15) is 16.9 Å². The first kappa shape index (κ1) is 37.0. The van der Waals surface area contributed by atoms with Crippen molar-refractivity contribution in [1.82, 2.24) is 29.3 Å². The Morgan fingerprint density at radius 3 is 2.40 bits per heavy atom. The van der Waals surface area contributed by atoms with E-state index < -0.39 is 28.9 Å². The van der Waals surface area contributed by atoms with Gasteiger partial charge in [-0.05, 0) is 55.9 Å². The van der Waals surface area contributed by atoms with Crippen molar-refractivity contribution in [2.45, 2.75) is 56.3 Å². The predicted molar refractivity (Wildman–Crippen MR) is 204 cm³/mol. The van der Waals surface area contributed by atoms with Crippen LogP contribution in [-0.2, 0) is 31.5 Å². The third-order valence-corrected chi connectivity index (χ3v) is 12.0. The zero-order valence-electron chi connectivity index (χ0n) is 30.1. The quantitative estimate of drug-likeness (QED) is 0.186. The fraction of sp³-hybridized carbons (Fsp3) is 0.359. The van der Waals surface area contributed by atoms with E-state index in [1.165, 1.54) is 20.2 Å². The number of hydrogen-bond acceptors (Lipinski definition) is 8. The van der Waals surface area contributed by atoms with Crippen LogP contribution in [0.1, 0.15) is 55.0 Å². The second-order valence-electron chi connectivity index (χ2n) is 14.5. The number of anilines is 2. The molecule has 55 heavy (non-hydrogen) atoms. The van der Waals surface area contributed by atoms with E-state index in [2.05, 4.69) is 20.5 Å². The lowest BCUT2D eigenvalue weighted by molar-refractivity contribution is -0.141. The maximum absolute atomic E-state index is 14.0. The van der Waals surface area contributed by atoms with Crippen molar-refractivity contribution in [3.8, 4) is 28.3 Å². The molecule has 5 heterocycles. The molecule has 0 bridgehead atoms. The molecule has 2 aromatic carbocycles. The standard InChI is InChI=1S/C39H36Cl2F3N7O4/c1-49-27-18-28(39(42,43)44)47-34(31(27)36(53)50(2)37(49)54)45-24-10-5-8-22(33(24)41)21-7-4-9-23(32(21)40)25-17-20-12-13-26(30(20)35(46-25)55-3)51-16-15-38(19-51)14-6-11-29(52)48-38/h4-5,7-10,17-18,26H,6,11-16,19H2,1-3H3,(H,45,47)(H,48,52)/t26-,38+/m1/s1. The number of halogens is 5. The van der Waals surface area contributed by atoms with Crippen molar-refractivity contribution in [3.05, 3.63) is 96.2 Å². The van der Waals surface area contributed by atoms with Crippen LogP contribution >= 0.6 is 23.2 Å². The highest BCUT2D eigenvalue weighted by atomic mass is 35.5. The van der Waals surface area contributed by atoms with Crippen LogP contribution < -0.4 is 26.6 Å². The van der Waals surface area contributed by atoms with Crippen molar-refractivity contribution >= 4 is 51.5 Å². The molecule has 286 valence electrons. The molecule has 0 unspecified atom stereocenters. The Hall–Kier alpha value is -4.92. The lowest BCUT2D eigenvalue weighted by Crippen LogP contribution is -2.53. The average Bonchev–Trinajstić information content (AvgIpc) is 3.77. The van der Waals surface area contributed by atoms with Gasteiger partial charge in [0.25, 0.3) is 5.56 Å². The maximum atomic E-state index is 14.0. The molecule has 5 aromatic rings. The molecule has 0 saturated carbocycles. The SMILES string of the molecule is COc1nc(-c2cccc(-c3cccc(Nc4nc(C(F)(F)F)cc5c4c(=O)n(C)c(=O)n5C)c3Cl)c2Cl)cc2c1[C@H](N1CC[C@@]3(CCCC(=O)N3)C1)CC2. The molecule has 2 fully saturated rings. The molecule has 1 aliphatic carbocycles. The van der Waals surface area contributed by atoms with Crippen molar-refractivity contribution in [1.29, 1.82) is 0 Å². The number of ether oxygens (including phenoxy) is 1. The number of rotatable bonds is 6. The topological polar surface area (TPSA) is 123 Å². The van der Waals surface area contributed by atoms with Gasteiger partial charge in [-0.25, -0.2) is 14.8 Å². The van der Waals surface area contributed by atoms with Gasteiger partial charge >= 0.3 is 11.9 Å². The van der Waals surface area contributed by atoms with Gasteiger partial charge in [-0.15, -0.1) is 0 Å². The Morgan fingerprint density at radius 1 is 0.945 bits per heavy atom. The average molecular weight is 795 g/mol. The summed E-state index contributed by atoms with van der Waals surface area (Å²) in [6, 6.07) is 13.2. The first-order chi connectivity index (χ1) is 26.2. The van der Waals surface area contributed by atoms with Crippen molar-refractivity contribution in [2.75, 3.05) is 25.5 Å². The maximum Gasteiger partial charge on any atom is 0.433 e. The Labute approximate surface area is 323 Å². The minimum atomic E-state index is -4.87. The number of benzene rings is 2. The number of methoxy groups -OCH3 is 1. The number of piperidine rings is 1. The molecule has 1 spiro atoms. The van der Waals surface area contributed by atoms with E-state index >= 15 is 0 Å². The predicted octanol–water partition coefficient (Wildman–Crippen LogP) is 7.17. The lowest BCUT2D eigenvalue weighted by Gasteiger charge is -2.35. The van der Waals surface area contributed by atoms with Crippen LogP contribution in [0.3, 0.4) is 0 Å². The van der Waals surface area contributed by atoms with E-state index in [4.69, 9.17) is 32.9 Å². The Morgan fingerprint density at radius 2 is 1.67 bits per heavy atom. The van der Waals surface area contributed by atoms with E-state index in [0.29, 0.717) is 45.8 Å². The number of fused-ring (bicyclic) bond motifs is 2. The van der Waals surface area contributed by atoms with Gasteiger partial charge in [0.2, 0.25) is 11.8 Å². The van der Waals surface area contributed by atoms with E-state index in [1.54, 1.807) is 25.3 Å². The van der Waals surface area contributed by atoms with E-state index in [1.807, 2.05) is 18.2 Å². The van der Waals surface area contributed by atoms with Crippen molar-refractivity contribution in [3.63, 3.8) is 0 Å². The Balaban J connectivity index is 1.15. The third kappa shape index (κ3) is 6.33. The summed E-state index contributed by atoms with van der Waals surface area (Å²) >= 11 is 14.1. The highest BCUT2D eigenvalue weighted by Crippen LogP contribution is 2.47. The molecule has 2 aliphatic heterocycles. The van der Waals surface area contributed by atoms with E-state index in [9.17, 15) is 27.6 Å². The first-order valence-corrected chi connectivity index (χ1v) is 18.6. The summed E-state index contributed by atoms with van der Waals surface area (Å²) in [5.74, 6) is 0.216. The first-order valence-electron chi connectivity index (χ1n) is 17.9. The molecule has 1 amide bonds. The zero-order valence-corrected chi connectivity index (χ0v) is 31.6. The van der Waals surface area contributed by atoms with Crippen LogP contribution in [0.5, 0.6) is 5.88 Å². The number of pyridine rings is 2. The number of carbonyl (C=O) groups excluding carboxylic acids is 1. The molecule has 8 rings (SSSR count). The molecule has 2 atom stereocenters. The molecule has 2 N–H and O–H groups in total. The number of nitrogens with zero attached hydrogens (tertiary/aromatic N) is 5. The number of nitrogens with one attached hydrogen (secondary N) is 2. The molecular formula is C39H36Cl2F3N7O4. The monoisotopic (exact) mass is 793 g/mol. The van der Waals surface area contributed by atoms with Crippen LogP contribution in [0.4, 0.5) is 24.7 Å². The molecule has 16 heteroatoms. The molecule has 3 aliphatic rings. The van der Waals surface area contributed by atoms with Crippen LogP contribution in [-0.4, -0.2) is 55.6 Å².